The number of piperidine rings is 1. The number of carbonyl (C=O) groups is 1. The number of nitrogens with one attached hydrogen (secondary N) is 1. The average molecular weight is 423 g/mol. The lowest BCUT2D eigenvalue weighted by atomic mass is 9.96. The van der Waals surface area contributed by atoms with Crippen molar-refractivity contribution >= 4 is 34.2 Å². The first kappa shape index (κ1) is 19.4. The molecule has 2 aliphatic rings. The maximum absolute atomic E-state index is 12.9. The second-order valence-electron chi connectivity index (χ2n) is 8.59. The quantitative estimate of drug-likeness (QED) is 0.644. The Labute approximate surface area is 182 Å². The Kier molecular flexibility index (Phi) is 5.15. The van der Waals surface area contributed by atoms with Crippen LogP contribution in [0.25, 0.3) is 22.4 Å². The molecule has 0 aliphatic carbocycles. The largest absolute Gasteiger partial charge is 0.371 e. The fraction of sp³-hybridized carbons (Fsp3) is 0.417. The Morgan fingerprint density at radius 3 is 2.77 bits per heavy atom. The van der Waals surface area contributed by atoms with E-state index in [4.69, 9.17) is 16.6 Å². The van der Waals surface area contributed by atoms with Crippen LogP contribution < -0.4 is 4.90 Å². The van der Waals surface area contributed by atoms with Crippen molar-refractivity contribution in [2.75, 3.05) is 31.1 Å². The number of benzene rings is 2. The third-order valence-electron chi connectivity index (χ3n) is 6.40. The molecule has 2 fully saturated rings. The van der Waals surface area contributed by atoms with Gasteiger partial charge in [-0.05, 0) is 68.5 Å². The topological polar surface area (TPSA) is 52.2 Å². The van der Waals surface area contributed by atoms with Crippen LogP contribution in [0.3, 0.4) is 0 Å². The molecule has 1 aromatic heterocycles. The van der Waals surface area contributed by atoms with Crippen molar-refractivity contribution in [2.45, 2.75) is 32.6 Å². The molecule has 3 aromatic rings. The highest BCUT2D eigenvalue weighted by Gasteiger charge is 2.30. The zero-order valence-corrected chi connectivity index (χ0v) is 18.1. The van der Waals surface area contributed by atoms with Gasteiger partial charge >= 0.3 is 0 Å². The van der Waals surface area contributed by atoms with Gasteiger partial charge in [0.05, 0.1) is 22.0 Å². The maximum atomic E-state index is 12.9. The van der Waals surface area contributed by atoms with Crippen LogP contribution in [-0.2, 0) is 4.79 Å². The number of carbonyl (C=O) groups excluding carboxylic acids is 1. The molecule has 30 heavy (non-hydrogen) atoms. The predicted molar refractivity (Wildman–Crippen MR) is 122 cm³/mol. The molecule has 2 saturated heterocycles. The highest BCUT2D eigenvalue weighted by Crippen LogP contribution is 2.33. The molecule has 0 saturated carbocycles. The minimum absolute atomic E-state index is 0.0881. The Morgan fingerprint density at radius 1 is 1.10 bits per heavy atom. The Morgan fingerprint density at radius 2 is 1.93 bits per heavy atom. The van der Waals surface area contributed by atoms with Crippen molar-refractivity contribution < 1.29 is 4.79 Å². The molecule has 0 spiro atoms. The molecular weight excluding hydrogens is 396 g/mol. The molecule has 5 nitrogen and oxygen atoms in total. The summed E-state index contributed by atoms with van der Waals surface area (Å²) in [6, 6.07) is 12.3. The van der Waals surface area contributed by atoms with E-state index in [1.54, 1.807) is 0 Å². The van der Waals surface area contributed by atoms with Gasteiger partial charge in [0, 0.05) is 37.4 Å². The van der Waals surface area contributed by atoms with E-state index in [0.29, 0.717) is 10.9 Å². The number of rotatable bonds is 3. The summed E-state index contributed by atoms with van der Waals surface area (Å²) in [7, 11) is 0. The summed E-state index contributed by atoms with van der Waals surface area (Å²) >= 11 is 6.55. The van der Waals surface area contributed by atoms with Crippen molar-refractivity contribution in [1.29, 1.82) is 0 Å². The van der Waals surface area contributed by atoms with Crippen molar-refractivity contribution in [3.05, 3.63) is 47.0 Å². The van der Waals surface area contributed by atoms with Crippen LogP contribution in [0.1, 0.15) is 31.2 Å². The minimum Gasteiger partial charge on any atom is -0.371 e. The molecule has 0 bridgehead atoms. The van der Waals surface area contributed by atoms with E-state index >= 15 is 0 Å². The molecule has 0 radical (unpaired) electrons. The zero-order valence-electron chi connectivity index (χ0n) is 17.3. The summed E-state index contributed by atoms with van der Waals surface area (Å²) in [5, 5.41) is 0.677. The van der Waals surface area contributed by atoms with Gasteiger partial charge in [-0.15, -0.1) is 0 Å². The first-order valence-corrected chi connectivity index (χ1v) is 11.3. The van der Waals surface area contributed by atoms with Gasteiger partial charge in [0.2, 0.25) is 5.91 Å². The first-order chi connectivity index (χ1) is 14.6. The summed E-state index contributed by atoms with van der Waals surface area (Å²) in [4.78, 5) is 25.5. The van der Waals surface area contributed by atoms with Gasteiger partial charge in [-0.3, -0.25) is 4.79 Å². The van der Waals surface area contributed by atoms with E-state index in [9.17, 15) is 4.79 Å². The molecule has 1 N–H and O–H groups in total. The first-order valence-electron chi connectivity index (χ1n) is 10.9. The molecule has 156 valence electrons. The monoisotopic (exact) mass is 422 g/mol. The van der Waals surface area contributed by atoms with Crippen molar-refractivity contribution in [1.82, 2.24) is 14.9 Å². The van der Waals surface area contributed by atoms with E-state index in [0.717, 1.165) is 80.0 Å². The lowest BCUT2D eigenvalue weighted by Crippen LogP contribution is -2.44. The lowest BCUT2D eigenvalue weighted by Gasteiger charge is -2.35. The number of fused-ring (bicyclic) bond motifs is 1. The molecule has 5 rings (SSSR count). The fourth-order valence-electron chi connectivity index (χ4n) is 4.74. The van der Waals surface area contributed by atoms with E-state index in [2.05, 4.69) is 52.0 Å². The van der Waals surface area contributed by atoms with Gasteiger partial charge in [-0.25, -0.2) is 4.98 Å². The number of hydrogen-bond donors (Lipinski definition) is 1. The molecule has 6 heteroatoms. The number of aryl methyl sites for hydroxylation is 1. The highest BCUT2D eigenvalue weighted by molar-refractivity contribution is 6.33. The third kappa shape index (κ3) is 3.67. The van der Waals surface area contributed by atoms with Gasteiger partial charge in [0.15, 0.2) is 0 Å². The normalized spacial score (nSPS) is 19.6. The number of H-pyrrole nitrogens is 1. The number of aromatic amines is 1. The van der Waals surface area contributed by atoms with Crippen LogP contribution in [0.2, 0.25) is 5.02 Å². The Balaban J connectivity index is 1.41. The van der Waals surface area contributed by atoms with E-state index in [-0.39, 0.29) is 5.92 Å². The summed E-state index contributed by atoms with van der Waals surface area (Å²) in [5.74, 6) is 1.20. The van der Waals surface area contributed by atoms with Crippen molar-refractivity contribution in [2.24, 2.45) is 5.92 Å². The number of aromatic nitrogens is 2. The average Bonchev–Trinajstić information content (AvgIpc) is 3.43. The summed E-state index contributed by atoms with van der Waals surface area (Å²) < 4.78 is 0. The number of nitrogens with zero attached hydrogens (tertiary/aromatic N) is 3. The highest BCUT2D eigenvalue weighted by atomic mass is 35.5. The van der Waals surface area contributed by atoms with Crippen LogP contribution in [-0.4, -0.2) is 47.0 Å². The summed E-state index contributed by atoms with van der Waals surface area (Å²) in [6.07, 6.45) is 4.29. The second-order valence-corrected chi connectivity index (χ2v) is 8.99. The number of imidazole rings is 1. The smallest absolute Gasteiger partial charge is 0.227 e. The van der Waals surface area contributed by atoms with Crippen molar-refractivity contribution in [3.63, 3.8) is 0 Å². The Hall–Kier alpha value is -2.53. The lowest BCUT2D eigenvalue weighted by molar-refractivity contribution is -0.134. The van der Waals surface area contributed by atoms with Gasteiger partial charge in [-0.2, -0.15) is 0 Å². The number of hydrogen-bond acceptors (Lipinski definition) is 3. The predicted octanol–water partition coefficient (Wildman–Crippen LogP) is 5.03. The van der Waals surface area contributed by atoms with Crippen molar-refractivity contribution in [3.8, 4) is 11.4 Å². The van der Waals surface area contributed by atoms with Gasteiger partial charge in [-0.1, -0.05) is 17.7 Å². The number of amides is 1. The van der Waals surface area contributed by atoms with Crippen LogP contribution in [0.15, 0.2) is 36.4 Å². The zero-order chi connectivity index (χ0) is 20.7. The van der Waals surface area contributed by atoms with E-state index < -0.39 is 0 Å². The van der Waals surface area contributed by atoms with E-state index in [1.807, 2.05) is 6.07 Å². The van der Waals surface area contributed by atoms with Gasteiger partial charge < -0.3 is 14.8 Å². The van der Waals surface area contributed by atoms with Crippen LogP contribution in [0, 0.1) is 12.8 Å². The van der Waals surface area contributed by atoms with Crippen LogP contribution >= 0.6 is 11.6 Å². The number of anilines is 1. The van der Waals surface area contributed by atoms with Crippen LogP contribution in [0.5, 0.6) is 0 Å². The molecule has 3 heterocycles. The van der Waals surface area contributed by atoms with E-state index in [1.165, 1.54) is 5.56 Å². The molecule has 2 aliphatic heterocycles. The molecular formula is C24H27ClN4O. The third-order valence-corrected chi connectivity index (χ3v) is 6.73. The number of halogens is 1. The SMILES string of the molecule is Cc1ccc2[nH]c(-c3cc(N4CCC[C@H](C(=O)N5CCCC5)C4)ccc3Cl)nc2c1. The van der Waals surface area contributed by atoms with Gasteiger partial charge in [0.25, 0.3) is 0 Å². The van der Waals surface area contributed by atoms with Gasteiger partial charge in [0.1, 0.15) is 5.82 Å². The number of likely N-dealkylation sites (tertiary alicyclic amines) is 1. The summed E-state index contributed by atoms with van der Waals surface area (Å²) in [6.45, 7) is 5.65. The molecule has 1 amide bonds. The second kappa shape index (κ2) is 7.95. The Bertz CT molecular complexity index is 1090. The standard InChI is InChI=1S/C24H27ClN4O/c1-16-6-9-21-22(13-16)27-23(26-21)19-14-18(7-8-20(19)25)29-12-4-5-17(15-29)24(30)28-10-2-3-11-28/h6-9,13-14,17H,2-5,10-12,15H2,1H3,(H,26,27)/t17-/m0/s1. The van der Waals surface area contributed by atoms with Crippen LogP contribution in [0.4, 0.5) is 5.69 Å². The fourth-order valence-corrected chi connectivity index (χ4v) is 4.95. The maximum Gasteiger partial charge on any atom is 0.227 e. The molecule has 2 aromatic carbocycles. The minimum atomic E-state index is 0.0881. The molecule has 1 atom stereocenters. The summed E-state index contributed by atoms with van der Waals surface area (Å²) in [5.41, 5.74) is 5.13. The molecule has 0 unspecified atom stereocenters.